The van der Waals surface area contributed by atoms with Gasteiger partial charge in [0.25, 0.3) is 0 Å². The molecule has 0 N–H and O–H groups in total. The predicted molar refractivity (Wildman–Crippen MR) is 107 cm³/mol. The first-order valence-corrected chi connectivity index (χ1v) is 9.42. The molecule has 0 saturated heterocycles. The molecular weight excluding hydrogens is 338 g/mol. The molecule has 27 heavy (non-hydrogen) atoms. The number of esters is 1. The van der Waals surface area contributed by atoms with E-state index in [4.69, 9.17) is 9.47 Å². The zero-order valence-corrected chi connectivity index (χ0v) is 15.5. The van der Waals surface area contributed by atoms with Gasteiger partial charge < -0.3 is 14.0 Å². The SMILES string of the molecule is CCOC(=O)C=C1CCCn2c1cc1cc(OCc3ccccc3)ccc12. The highest BCUT2D eigenvalue weighted by atomic mass is 16.5. The Labute approximate surface area is 159 Å². The number of hydrogen-bond donors (Lipinski definition) is 0. The number of nitrogens with zero attached hydrogens (tertiary/aromatic N) is 1. The fourth-order valence-corrected chi connectivity index (χ4v) is 3.61. The fraction of sp³-hybridized carbons (Fsp3) is 0.261. The van der Waals surface area contributed by atoms with Gasteiger partial charge in [-0.15, -0.1) is 0 Å². The van der Waals surface area contributed by atoms with Crippen molar-refractivity contribution < 1.29 is 14.3 Å². The van der Waals surface area contributed by atoms with Gasteiger partial charge in [-0.25, -0.2) is 4.79 Å². The van der Waals surface area contributed by atoms with Crippen molar-refractivity contribution in [3.8, 4) is 5.75 Å². The Bertz CT molecular complexity index is 986. The maximum absolute atomic E-state index is 11.9. The van der Waals surface area contributed by atoms with Crippen molar-refractivity contribution in [1.82, 2.24) is 4.57 Å². The summed E-state index contributed by atoms with van der Waals surface area (Å²) in [5, 5.41) is 1.13. The van der Waals surface area contributed by atoms with Gasteiger partial charge in [-0.1, -0.05) is 30.3 Å². The molecule has 0 atom stereocenters. The smallest absolute Gasteiger partial charge is 0.331 e. The molecule has 0 fully saturated rings. The van der Waals surface area contributed by atoms with Crippen LogP contribution in [0.5, 0.6) is 5.75 Å². The highest BCUT2D eigenvalue weighted by Gasteiger charge is 2.18. The Morgan fingerprint density at radius 1 is 1.15 bits per heavy atom. The zero-order valence-electron chi connectivity index (χ0n) is 15.5. The Morgan fingerprint density at radius 2 is 2.00 bits per heavy atom. The van der Waals surface area contributed by atoms with Gasteiger partial charge in [0.2, 0.25) is 0 Å². The number of fused-ring (bicyclic) bond motifs is 3. The minimum Gasteiger partial charge on any atom is -0.489 e. The van der Waals surface area contributed by atoms with E-state index in [0.29, 0.717) is 13.2 Å². The average Bonchev–Trinajstić information content (AvgIpc) is 3.06. The first-order valence-electron chi connectivity index (χ1n) is 9.42. The molecule has 0 unspecified atom stereocenters. The van der Waals surface area contributed by atoms with Crippen LogP contribution in [0.4, 0.5) is 0 Å². The third-order valence-electron chi connectivity index (χ3n) is 4.86. The van der Waals surface area contributed by atoms with Gasteiger partial charge in [0.15, 0.2) is 0 Å². The first-order chi connectivity index (χ1) is 13.2. The molecule has 1 aliphatic heterocycles. The topological polar surface area (TPSA) is 40.5 Å². The highest BCUT2D eigenvalue weighted by Crippen LogP contribution is 2.34. The second-order valence-electron chi connectivity index (χ2n) is 6.70. The van der Waals surface area contributed by atoms with Gasteiger partial charge in [-0.3, -0.25) is 0 Å². The van der Waals surface area contributed by atoms with E-state index in [1.54, 1.807) is 6.08 Å². The van der Waals surface area contributed by atoms with E-state index in [9.17, 15) is 4.79 Å². The molecule has 138 valence electrons. The third-order valence-corrected chi connectivity index (χ3v) is 4.86. The lowest BCUT2D eigenvalue weighted by atomic mass is 10.0. The van der Waals surface area contributed by atoms with Crippen LogP contribution in [0.2, 0.25) is 0 Å². The molecule has 0 aliphatic carbocycles. The molecule has 0 amide bonds. The van der Waals surface area contributed by atoms with E-state index in [0.717, 1.165) is 47.4 Å². The number of ether oxygens (including phenoxy) is 2. The van der Waals surface area contributed by atoms with Crippen molar-refractivity contribution in [1.29, 1.82) is 0 Å². The van der Waals surface area contributed by atoms with Gasteiger partial charge >= 0.3 is 5.97 Å². The van der Waals surface area contributed by atoms with Gasteiger partial charge in [0.1, 0.15) is 12.4 Å². The monoisotopic (exact) mass is 361 g/mol. The highest BCUT2D eigenvalue weighted by molar-refractivity contribution is 5.94. The van der Waals surface area contributed by atoms with Crippen molar-refractivity contribution in [2.24, 2.45) is 0 Å². The van der Waals surface area contributed by atoms with Crippen molar-refractivity contribution in [3.63, 3.8) is 0 Å². The predicted octanol–water partition coefficient (Wildman–Crippen LogP) is 4.96. The molecule has 0 radical (unpaired) electrons. The first kappa shape index (κ1) is 17.4. The fourth-order valence-electron chi connectivity index (χ4n) is 3.61. The number of carbonyl (C=O) groups excluding carboxylic acids is 1. The third kappa shape index (κ3) is 3.75. The van der Waals surface area contributed by atoms with Gasteiger partial charge in [0.05, 0.1) is 6.61 Å². The van der Waals surface area contributed by atoms with E-state index in [1.165, 1.54) is 5.52 Å². The molecule has 2 heterocycles. The molecule has 0 spiro atoms. The van der Waals surface area contributed by atoms with Crippen molar-refractivity contribution in [2.45, 2.75) is 32.9 Å². The van der Waals surface area contributed by atoms with Crippen LogP contribution in [0, 0.1) is 0 Å². The minimum atomic E-state index is -0.266. The lowest BCUT2D eigenvalue weighted by molar-refractivity contribution is -0.137. The van der Waals surface area contributed by atoms with Crippen molar-refractivity contribution in [2.75, 3.05) is 6.61 Å². The standard InChI is InChI=1S/C23H23NO3/c1-2-26-23(25)15-18-9-6-12-24-21-11-10-20(13-19(21)14-22(18)24)27-16-17-7-4-3-5-8-17/h3-5,7-8,10-11,13-15H,2,6,9,12,16H2,1H3. The van der Waals surface area contributed by atoms with Crippen LogP contribution in [0.3, 0.4) is 0 Å². The molecule has 1 aromatic heterocycles. The van der Waals surface area contributed by atoms with Crippen LogP contribution in [0.25, 0.3) is 16.5 Å². The summed E-state index contributed by atoms with van der Waals surface area (Å²) in [5.74, 6) is 0.586. The summed E-state index contributed by atoms with van der Waals surface area (Å²) in [6, 6.07) is 18.5. The molecule has 0 saturated carbocycles. The zero-order chi connectivity index (χ0) is 18.6. The van der Waals surface area contributed by atoms with Crippen LogP contribution >= 0.6 is 0 Å². The van der Waals surface area contributed by atoms with E-state index in [-0.39, 0.29) is 5.97 Å². The normalized spacial score (nSPS) is 14.9. The maximum atomic E-state index is 11.9. The summed E-state index contributed by atoms with van der Waals surface area (Å²) in [6.07, 6.45) is 3.56. The average molecular weight is 361 g/mol. The Morgan fingerprint density at radius 3 is 2.81 bits per heavy atom. The number of allylic oxidation sites excluding steroid dienone is 1. The Balaban J connectivity index is 1.61. The van der Waals surface area contributed by atoms with Crippen LogP contribution in [-0.2, 0) is 22.7 Å². The minimum absolute atomic E-state index is 0.266. The molecule has 4 nitrogen and oxygen atoms in total. The second-order valence-corrected chi connectivity index (χ2v) is 6.70. The maximum Gasteiger partial charge on any atom is 0.331 e. The second kappa shape index (κ2) is 7.70. The summed E-state index contributed by atoms with van der Waals surface area (Å²) in [7, 11) is 0. The van der Waals surface area contributed by atoms with Crippen molar-refractivity contribution in [3.05, 3.63) is 71.9 Å². The van der Waals surface area contributed by atoms with Gasteiger partial charge in [-0.2, -0.15) is 0 Å². The molecule has 2 aromatic carbocycles. The van der Waals surface area contributed by atoms with Gasteiger partial charge in [0, 0.05) is 29.2 Å². The van der Waals surface area contributed by atoms with E-state index < -0.39 is 0 Å². The summed E-state index contributed by atoms with van der Waals surface area (Å²) >= 11 is 0. The molecular formula is C23H23NO3. The summed E-state index contributed by atoms with van der Waals surface area (Å²) in [5.41, 5.74) is 4.46. The molecule has 3 aromatic rings. The lowest BCUT2D eigenvalue weighted by Gasteiger charge is -2.19. The lowest BCUT2D eigenvalue weighted by Crippen LogP contribution is -2.10. The summed E-state index contributed by atoms with van der Waals surface area (Å²) in [6.45, 7) is 3.73. The van der Waals surface area contributed by atoms with Crippen LogP contribution in [0.15, 0.2) is 60.7 Å². The van der Waals surface area contributed by atoms with Gasteiger partial charge in [-0.05, 0) is 55.2 Å². The van der Waals surface area contributed by atoms with E-state index in [1.807, 2.05) is 31.2 Å². The Kier molecular flexibility index (Phi) is 4.97. The number of aromatic nitrogens is 1. The number of aryl methyl sites for hydroxylation is 1. The molecule has 4 heteroatoms. The van der Waals surface area contributed by atoms with Crippen LogP contribution < -0.4 is 4.74 Å². The van der Waals surface area contributed by atoms with E-state index >= 15 is 0 Å². The largest absolute Gasteiger partial charge is 0.489 e. The molecule has 0 bridgehead atoms. The number of rotatable bonds is 5. The number of carbonyl (C=O) groups is 1. The Hall–Kier alpha value is -3.01. The number of hydrogen-bond acceptors (Lipinski definition) is 3. The van der Waals surface area contributed by atoms with Crippen LogP contribution in [-0.4, -0.2) is 17.1 Å². The summed E-state index contributed by atoms with van der Waals surface area (Å²) in [4.78, 5) is 11.9. The molecule has 1 aliphatic rings. The van der Waals surface area contributed by atoms with Crippen LogP contribution in [0.1, 0.15) is 31.0 Å². The van der Waals surface area contributed by atoms with Crippen molar-refractivity contribution >= 4 is 22.4 Å². The summed E-state index contributed by atoms with van der Waals surface area (Å²) < 4.78 is 13.3. The quantitative estimate of drug-likeness (QED) is 0.476. The van der Waals surface area contributed by atoms with E-state index in [2.05, 4.69) is 34.9 Å². The number of benzene rings is 2. The molecule has 4 rings (SSSR count).